The van der Waals surface area contributed by atoms with Crippen LogP contribution in [0.5, 0.6) is 0 Å². The molecule has 0 heterocycles. The number of nitrogens with one attached hydrogen (secondary N) is 1. The quantitative estimate of drug-likeness (QED) is 0.750. The Hall–Kier alpha value is -2.17. The van der Waals surface area contributed by atoms with Crippen molar-refractivity contribution in [3.05, 3.63) is 65.7 Å². The summed E-state index contributed by atoms with van der Waals surface area (Å²) in [6.45, 7) is 1.46. The molecule has 0 spiro atoms. The van der Waals surface area contributed by atoms with Crippen LogP contribution in [0.2, 0.25) is 0 Å². The number of anilines is 1. The van der Waals surface area contributed by atoms with E-state index in [2.05, 4.69) is 5.32 Å². The van der Waals surface area contributed by atoms with Crippen molar-refractivity contribution in [2.75, 3.05) is 19.4 Å². The second-order valence-corrected chi connectivity index (χ2v) is 5.79. The number of carbonyl (C=O) groups excluding carboxylic acids is 2. The number of carbonyl (C=O) groups is 2. The highest BCUT2D eigenvalue weighted by Crippen LogP contribution is 2.15. The van der Waals surface area contributed by atoms with Gasteiger partial charge in [0.15, 0.2) is 5.78 Å². The summed E-state index contributed by atoms with van der Waals surface area (Å²) >= 11 is 0. The first-order valence-corrected chi connectivity index (χ1v) is 7.59. The van der Waals surface area contributed by atoms with Crippen LogP contribution in [0.15, 0.2) is 54.6 Å². The summed E-state index contributed by atoms with van der Waals surface area (Å²) in [5.74, 6) is -0.0486. The summed E-state index contributed by atoms with van der Waals surface area (Å²) < 4.78 is 0. The minimum Gasteiger partial charge on any atom is -1.00 e. The predicted octanol–water partition coefficient (Wildman–Crippen LogP) is 0.00460. The number of likely N-dealkylation sites (N-methyl/N-ethyl adjacent to an activating group) is 1. The SMILES string of the molecule is CC(=O)Nc1ccc(C(=O)C(Cc2ccccc2)N(C)C)cc1.[Cl-]. The van der Waals surface area contributed by atoms with Crippen LogP contribution < -0.4 is 17.7 Å². The van der Waals surface area contributed by atoms with E-state index in [1.54, 1.807) is 24.3 Å². The molecule has 0 bridgehead atoms. The smallest absolute Gasteiger partial charge is 0.221 e. The van der Waals surface area contributed by atoms with E-state index in [1.165, 1.54) is 6.92 Å². The molecule has 2 rings (SSSR count). The fraction of sp³-hybridized carbons (Fsp3) is 0.263. The minimum absolute atomic E-state index is 0. The molecule has 0 fully saturated rings. The molecule has 4 nitrogen and oxygen atoms in total. The summed E-state index contributed by atoms with van der Waals surface area (Å²) in [5, 5.41) is 2.70. The summed E-state index contributed by atoms with van der Waals surface area (Å²) in [7, 11) is 3.83. The average Bonchev–Trinajstić information content (AvgIpc) is 2.53. The fourth-order valence-corrected chi connectivity index (χ4v) is 2.46. The molecule has 1 N–H and O–H groups in total. The number of benzene rings is 2. The van der Waals surface area contributed by atoms with Gasteiger partial charge in [-0.1, -0.05) is 30.3 Å². The third-order valence-corrected chi connectivity index (χ3v) is 3.69. The summed E-state index contributed by atoms with van der Waals surface area (Å²) in [6, 6.07) is 16.8. The number of halogens is 1. The van der Waals surface area contributed by atoms with Gasteiger partial charge in [0.2, 0.25) is 5.91 Å². The minimum atomic E-state index is -0.219. The maximum absolute atomic E-state index is 12.8. The molecule has 0 saturated carbocycles. The Kier molecular flexibility index (Phi) is 7.62. The van der Waals surface area contributed by atoms with Gasteiger partial charge in [0.1, 0.15) is 0 Å². The first-order chi connectivity index (χ1) is 11.0. The summed E-state index contributed by atoms with van der Waals surface area (Å²) in [6.07, 6.45) is 0.667. The maximum Gasteiger partial charge on any atom is 0.221 e. The Balaban J connectivity index is 0.00000288. The molecular weight excluding hydrogens is 324 g/mol. The van der Waals surface area contributed by atoms with Gasteiger partial charge in [-0.3, -0.25) is 14.5 Å². The van der Waals surface area contributed by atoms with Crippen LogP contribution in [-0.4, -0.2) is 36.7 Å². The lowest BCUT2D eigenvalue weighted by atomic mass is 9.96. The molecule has 1 amide bonds. The Labute approximate surface area is 149 Å². The van der Waals surface area contributed by atoms with Gasteiger partial charge in [0.25, 0.3) is 0 Å². The molecule has 0 aliphatic rings. The number of ketones is 1. The van der Waals surface area contributed by atoms with E-state index in [0.717, 1.165) is 5.56 Å². The van der Waals surface area contributed by atoms with E-state index in [-0.39, 0.29) is 30.1 Å². The zero-order valence-corrected chi connectivity index (χ0v) is 14.9. The van der Waals surface area contributed by atoms with Crippen LogP contribution in [0.25, 0.3) is 0 Å². The van der Waals surface area contributed by atoms with E-state index >= 15 is 0 Å². The number of hydrogen-bond acceptors (Lipinski definition) is 3. The molecule has 0 saturated heterocycles. The van der Waals surface area contributed by atoms with Crippen LogP contribution in [0.3, 0.4) is 0 Å². The van der Waals surface area contributed by atoms with Crippen molar-refractivity contribution in [1.29, 1.82) is 0 Å². The first-order valence-electron chi connectivity index (χ1n) is 7.59. The standard InChI is InChI=1S/C19H22N2O2.ClH/c1-14(22)20-17-11-9-16(10-12-17)19(23)18(21(2)3)13-15-7-5-4-6-8-15;/h4-12,18H,13H2,1-3H3,(H,20,22);1H/p-1. The molecule has 24 heavy (non-hydrogen) atoms. The van der Waals surface area contributed by atoms with E-state index in [9.17, 15) is 9.59 Å². The molecule has 0 aliphatic heterocycles. The van der Waals surface area contributed by atoms with Gasteiger partial charge < -0.3 is 17.7 Å². The predicted molar refractivity (Wildman–Crippen MR) is 92.7 cm³/mol. The first kappa shape index (κ1) is 19.9. The molecule has 5 heteroatoms. The van der Waals surface area contributed by atoms with Crippen LogP contribution in [0.4, 0.5) is 5.69 Å². The van der Waals surface area contributed by atoms with Crippen LogP contribution >= 0.6 is 0 Å². The number of Topliss-reactive ketones (excluding diaryl/α,β-unsaturated/α-hetero) is 1. The van der Waals surface area contributed by atoms with Crippen LogP contribution in [0, 0.1) is 0 Å². The Morgan fingerprint density at radius 1 is 1.00 bits per heavy atom. The highest BCUT2D eigenvalue weighted by molar-refractivity contribution is 6.00. The van der Waals surface area contributed by atoms with Gasteiger partial charge in [-0.05, 0) is 50.3 Å². The van der Waals surface area contributed by atoms with Crippen LogP contribution in [0.1, 0.15) is 22.8 Å². The number of nitrogens with zero attached hydrogens (tertiary/aromatic N) is 1. The molecule has 0 aromatic heterocycles. The van der Waals surface area contributed by atoms with E-state index in [1.807, 2.05) is 49.3 Å². The zero-order chi connectivity index (χ0) is 16.8. The molecule has 128 valence electrons. The van der Waals surface area contributed by atoms with Crippen molar-refractivity contribution >= 4 is 17.4 Å². The van der Waals surface area contributed by atoms with Gasteiger partial charge in [0.05, 0.1) is 6.04 Å². The lowest BCUT2D eigenvalue weighted by molar-refractivity contribution is -0.114. The highest BCUT2D eigenvalue weighted by Gasteiger charge is 2.22. The van der Waals surface area contributed by atoms with Gasteiger partial charge in [-0.15, -0.1) is 0 Å². The molecule has 1 atom stereocenters. The second kappa shape index (κ2) is 9.21. The molecule has 0 aliphatic carbocycles. The largest absolute Gasteiger partial charge is 1.00 e. The molecule has 0 radical (unpaired) electrons. The molecule has 2 aromatic carbocycles. The number of rotatable bonds is 6. The Morgan fingerprint density at radius 2 is 1.58 bits per heavy atom. The average molecular weight is 346 g/mol. The van der Waals surface area contributed by atoms with Gasteiger partial charge >= 0.3 is 0 Å². The summed E-state index contributed by atoms with van der Waals surface area (Å²) in [4.78, 5) is 25.8. The van der Waals surface area contributed by atoms with Crippen molar-refractivity contribution in [2.45, 2.75) is 19.4 Å². The number of amides is 1. The van der Waals surface area contributed by atoms with Crippen molar-refractivity contribution in [3.63, 3.8) is 0 Å². The molecule has 2 aromatic rings. The van der Waals surface area contributed by atoms with Crippen molar-refractivity contribution in [3.8, 4) is 0 Å². The van der Waals surface area contributed by atoms with E-state index in [0.29, 0.717) is 17.7 Å². The third kappa shape index (κ3) is 5.48. The van der Waals surface area contributed by atoms with E-state index < -0.39 is 0 Å². The lowest BCUT2D eigenvalue weighted by Gasteiger charge is -2.23. The normalized spacial score (nSPS) is 11.5. The highest BCUT2D eigenvalue weighted by atomic mass is 35.5. The Morgan fingerprint density at radius 3 is 2.08 bits per heavy atom. The number of hydrogen-bond donors (Lipinski definition) is 1. The second-order valence-electron chi connectivity index (χ2n) is 5.79. The molecular formula is C19H22ClN2O2-. The van der Waals surface area contributed by atoms with Gasteiger partial charge in [0, 0.05) is 18.2 Å². The van der Waals surface area contributed by atoms with Crippen molar-refractivity contribution < 1.29 is 22.0 Å². The summed E-state index contributed by atoms with van der Waals surface area (Å²) in [5.41, 5.74) is 2.47. The van der Waals surface area contributed by atoms with Crippen molar-refractivity contribution in [2.24, 2.45) is 0 Å². The van der Waals surface area contributed by atoms with E-state index in [4.69, 9.17) is 0 Å². The fourth-order valence-electron chi connectivity index (χ4n) is 2.46. The molecule has 1 unspecified atom stereocenters. The topological polar surface area (TPSA) is 49.4 Å². The van der Waals surface area contributed by atoms with Gasteiger partial charge in [-0.25, -0.2) is 0 Å². The van der Waals surface area contributed by atoms with Crippen LogP contribution in [-0.2, 0) is 11.2 Å². The monoisotopic (exact) mass is 345 g/mol. The van der Waals surface area contributed by atoms with Gasteiger partial charge in [-0.2, -0.15) is 0 Å². The zero-order valence-electron chi connectivity index (χ0n) is 14.1. The third-order valence-electron chi connectivity index (χ3n) is 3.69. The maximum atomic E-state index is 12.8. The Bertz CT molecular complexity index is 670. The van der Waals surface area contributed by atoms with Crippen molar-refractivity contribution in [1.82, 2.24) is 4.90 Å². The lowest BCUT2D eigenvalue weighted by Crippen LogP contribution is -3.00.